The quantitative estimate of drug-likeness (QED) is 0.767. The summed E-state index contributed by atoms with van der Waals surface area (Å²) in [6.07, 6.45) is 0.543. The fourth-order valence-electron chi connectivity index (χ4n) is 1.80. The Morgan fingerprint density at radius 1 is 1.18 bits per heavy atom. The monoisotopic (exact) mass is 306 g/mol. The highest BCUT2D eigenvalue weighted by atomic mass is 16.5. The minimum atomic E-state index is -0.701. The zero-order valence-corrected chi connectivity index (χ0v) is 12.9. The normalized spacial score (nSPS) is 11.4. The first-order chi connectivity index (χ1) is 10.5. The van der Waals surface area contributed by atoms with Crippen molar-refractivity contribution in [3.63, 3.8) is 0 Å². The highest BCUT2D eigenvalue weighted by Gasteiger charge is 2.20. The molecule has 0 radical (unpaired) electrons. The van der Waals surface area contributed by atoms with E-state index in [-0.39, 0.29) is 24.8 Å². The van der Waals surface area contributed by atoms with Gasteiger partial charge in [0.25, 0.3) is 0 Å². The Kier molecular flexibility index (Phi) is 7.67. The van der Waals surface area contributed by atoms with Gasteiger partial charge in [0.1, 0.15) is 18.4 Å². The Labute approximate surface area is 130 Å². The Balaban J connectivity index is 2.45. The highest BCUT2D eigenvalue weighted by molar-refractivity contribution is 5.89. The predicted molar refractivity (Wildman–Crippen MR) is 82.1 cm³/mol. The first-order valence-electron chi connectivity index (χ1n) is 7.27. The van der Waals surface area contributed by atoms with Crippen molar-refractivity contribution in [1.29, 1.82) is 0 Å². The molecular weight excluding hydrogens is 284 g/mol. The van der Waals surface area contributed by atoms with Crippen molar-refractivity contribution in [3.8, 4) is 0 Å². The first-order valence-corrected chi connectivity index (χ1v) is 7.27. The Hall–Kier alpha value is -2.37. The molecule has 0 aliphatic rings. The van der Waals surface area contributed by atoms with Crippen LogP contribution in [0.1, 0.15) is 32.3 Å². The molecule has 0 saturated carbocycles. The van der Waals surface area contributed by atoms with Crippen molar-refractivity contribution in [3.05, 3.63) is 35.9 Å². The lowest BCUT2D eigenvalue weighted by Crippen LogP contribution is -2.47. The molecular formula is C16H22N2O4. The molecule has 0 bridgehead atoms. The number of benzene rings is 1. The number of Topliss-reactive ketones (excluding diaryl/α,β-unsaturated/α-hetero) is 1. The third-order valence-electron chi connectivity index (χ3n) is 2.91. The lowest BCUT2D eigenvalue weighted by molar-refractivity contribution is -0.126. The van der Waals surface area contributed by atoms with Crippen LogP contribution in [0.25, 0.3) is 0 Å². The van der Waals surface area contributed by atoms with Crippen molar-refractivity contribution in [2.75, 3.05) is 6.54 Å². The molecule has 1 rings (SSSR count). The van der Waals surface area contributed by atoms with Gasteiger partial charge in [0, 0.05) is 0 Å². The smallest absolute Gasteiger partial charge is 0.408 e. The Bertz CT molecular complexity index is 502. The van der Waals surface area contributed by atoms with E-state index in [0.29, 0.717) is 6.42 Å². The zero-order valence-electron chi connectivity index (χ0n) is 12.9. The van der Waals surface area contributed by atoms with Gasteiger partial charge in [0.2, 0.25) is 5.91 Å². The second-order valence-corrected chi connectivity index (χ2v) is 4.97. The fourth-order valence-corrected chi connectivity index (χ4v) is 1.80. The van der Waals surface area contributed by atoms with Crippen molar-refractivity contribution in [2.24, 2.45) is 0 Å². The molecule has 0 spiro atoms. The molecule has 0 fully saturated rings. The molecule has 120 valence electrons. The molecule has 6 heteroatoms. The van der Waals surface area contributed by atoms with E-state index in [2.05, 4.69) is 10.6 Å². The van der Waals surface area contributed by atoms with Gasteiger partial charge < -0.3 is 15.4 Å². The number of rotatable bonds is 8. The number of nitrogens with one attached hydrogen (secondary N) is 2. The zero-order chi connectivity index (χ0) is 16.4. The van der Waals surface area contributed by atoms with Gasteiger partial charge in [-0.1, -0.05) is 43.7 Å². The lowest BCUT2D eigenvalue weighted by Gasteiger charge is -2.17. The number of alkyl carbamates (subject to hydrolysis) is 1. The van der Waals surface area contributed by atoms with Gasteiger partial charge >= 0.3 is 6.09 Å². The van der Waals surface area contributed by atoms with Crippen molar-refractivity contribution >= 4 is 17.8 Å². The summed E-state index contributed by atoms with van der Waals surface area (Å²) in [6, 6.07) is 8.57. The summed E-state index contributed by atoms with van der Waals surface area (Å²) in [5, 5.41) is 5.01. The van der Waals surface area contributed by atoms with Crippen molar-refractivity contribution < 1.29 is 19.1 Å². The van der Waals surface area contributed by atoms with Gasteiger partial charge in [-0.05, 0) is 18.9 Å². The summed E-state index contributed by atoms with van der Waals surface area (Å²) in [5.74, 6) is -0.524. The molecule has 2 N–H and O–H groups in total. The molecule has 0 saturated heterocycles. The SMILES string of the molecule is CCC[C@H](NC(=O)OCc1ccccc1)C(=O)NCC(C)=O. The Morgan fingerprint density at radius 3 is 2.45 bits per heavy atom. The third-order valence-corrected chi connectivity index (χ3v) is 2.91. The van der Waals surface area contributed by atoms with E-state index >= 15 is 0 Å². The molecule has 0 heterocycles. The number of hydrogen-bond donors (Lipinski definition) is 2. The van der Waals surface area contributed by atoms with E-state index in [1.807, 2.05) is 37.3 Å². The van der Waals surface area contributed by atoms with E-state index < -0.39 is 12.1 Å². The van der Waals surface area contributed by atoms with Gasteiger partial charge in [-0.25, -0.2) is 4.79 Å². The minimum absolute atomic E-state index is 0.0419. The van der Waals surface area contributed by atoms with Crippen LogP contribution in [-0.2, 0) is 20.9 Å². The van der Waals surface area contributed by atoms with Crippen LogP contribution in [0.15, 0.2) is 30.3 Å². The van der Waals surface area contributed by atoms with Gasteiger partial charge in [-0.15, -0.1) is 0 Å². The molecule has 1 aromatic rings. The van der Waals surface area contributed by atoms with E-state index in [1.54, 1.807) is 0 Å². The summed E-state index contributed by atoms with van der Waals surface area (Å²) in [5.41, 5.74) is 0.866. The topological polar surface area (TPSA) is 84.5 Å². The second-order valence-electron chi connectivity index (χ2n) is 4.97. The molecule has 0 aliphatic heterocycles. The van der Waals surface area contributed by atoms with Crippen LogP contribution in [0.2, 0.25) is 0 Å². The second kappa shape index (κ2) is 9.55. The van der Waals surface area contributed by atoms with E-state index in [9.17, 15) is 14.4 Å². The highest BCUT2D eigenvalue weighted by Crippen LogP contribution is 2.02. The van der Waals surface area contributed by atoms with Crippen LogP contribution in [0.4, 0.5) is 4.79 Å². The predicted octanol–water partition coefficient (Wildman–Crippen LogP) is 1.79. The first kappa shape index (κ1) is 17.7. The number of hydrogen-bond acceptors (Lipinski definition) is 4. The van der Waals surface area contributed by atoms with Crippen LogP contribution in [-0.4, -0.2) is 30.4 Å². The average Bonchev–Trinajstić information content (AvgIpc) is 2.51. The lowest BCUT2D eigenvalue weighted by atomic mass is 10.1. The van der Waals surface area contributed by atoms with Crippen LogP contribution in [0.3, 0.4) is 0 Å². The fraction of sp³-hybridized carbons (Fsp3) is 0.438. The molecule has 0 aliphatic carbocycles. The summed E-state index contributed by atoms with van der Waals surface area (Å²) >= 11 is 0. The standard InChI is InChI=1S/C16H22N2O4/c1-3-7-14(15(20)17-10-12(2)19)18-16(21)22-11-13-8-5-4-6-9-13/h4-6,8-9,14H,3,7,10-11H2,1-2H3,(H,17,20)(H,18,21)/t14-/m0/s1. The van der Waals surface area contributed by atoms with Gasteiger partial charge in [0.05, 0.1) is 6.54 Å². The molecule has 22 heavy (non-hydrogen) atoms. The van der Waals surface area contributed by atoms with Gasteiger partial charge in [0.15, 0.2) is 0 Å². The van der Waals surface area contributed by atoms with E-state index in [4.69, 9.17) is 4.74 Å². The summed E-state index contributed by atoms with van der Waals surface area (Å²) in [6.45, 7) is 3.39. The van der Waals surface area contributed by atoms with E-state index in [1.165, 1.54) is 6.92 Å². The number of amides is 2. The average molecular weight is 306 g/mol. The molecule has 0 unspecified atom stereocenters. The summed E-state index contributed by atoms with van der Waals surface area (Å²) in [7, 11) is 0. The van der Waals surface area contributed by atoms with Crippen LogP contribution < -0.4 is 10.6 Å². The Morgan fingerprint density at radius 2 is 1.86 bits per heavy atom. The molecule has 0 aromatic heterocycles. The maximum absolute atomic E-state index is 11.9. The van der Waals surface area contributed by atoms with Crippen molar-refractivity contribution in [2.45, 2.75) is 39.3 Å². The number of ether oxygens (including phenoxy) is 1. The number of ketones is 1. The van der Waals surface area contributed by atoms with Gasteiger partial charge in [-0.3, -0.25) is 9.59 Å². The summed E-state index contributed by atoms with van der Waals surface area (Å²) in [4.78, 5) is 34.6. The van der Waals surface area contributed by atoms with E-state index in [0.717, 1.165) is 12.0 Å². The van der Waals surface area contributed by atoms with Crippen molar-refractivity contribution in [1.82, 2.24) is 10.6 Å². The largest absolute Gasteiger partial charge is 0.445 e. The third kappa shape index (κ3) is 6.88. The number of carbonyl (C=O) groups excluding carboxylic acids is 3. The summed E-state index contributed by atoms with van der Waals surface area (Å²) < 4.78 is 5.08. The molecule has 1 aromatic carbocycles. The molecule has 2 amide bonds. The van der Waals surface area contributed by atoms with Crippen LogP contribution in [0.5, 0.6) is 0 Å². The maximum Gasteiger partial charge on any atom is 0.408 e. The van der Waals surface area contributed by atoms with Gasteiger partial charge in [-0.2, -0.15) is 0 Å². The van der Waals surface area contributed by atoms with Crippen LogP contribution in [0, 0.1) is 0 Å². The van der Waals surface area contributed by atoms with Crippen LogP contribution >= 0.6 is 0 Å². The maximum atomic E-state index is 11.9. The number of carbonyl (C=O) groups is 3. The minimum Gasteiger partial charge on any atom is -0.445 e. The molecule has 6 nitrogen and oxygen atoms in total. The molecule has 1 atom stereocenters.